The van der Waals surface area contributed by atoms with Crippen LogP contribution < -0.4 is 5.32 Å². The number of ether oxygens (including phenoxy) is 1. The lowest BCUT2D eigenvalue weighted by atomic mass is 10.1. The van der Waals surface area contributed by atoms with Crippen molar-refractivity contribution < 1.29 is 4.74 Å². The third-order valence-electron chi connectivity index (χ3n) is 2.08. The second-order valence-electron chi connectivity index (χ2n) is 3.70. The fourth-order valence-corrected chi connectivity index (χ4v) is 1.27. The van der Waals surface area contributed by atoms with E-state index in [0.717, 1.165) is 25.7 Å². The molecule has 0 aromatic heterocycles. The third-order valence-corrected chi connectivity index (χ3v) is 2.08. The Morgan fingerprint density at radius 1 is 1.55 bits per heavy atom. The van der Waals surface area contributed by atoms with Gasteiger partial charge in [0.1, 0.15) is 0 Å². The van der Waals surface area contributed by atoms with Crippen LogP contribution in [0.4, 0.5) is 0 Å². The molecule has 0 aromatic rings. The van der Waals surface area contributed by atoms with Gasteiger partial charge in [0, 0.05) is 12.6 Å². The van der Waals surface area contributed by atoms with E-state index in [4.69, 9.17) is 4.74 Å². The maximum Gasteiger partial charge on any atom is 0.0620 e. The summed E-state index contributed by atoms with van der Waals surface area (Å²) >= 11 is 0. The van der Waals surface area contributed by atoms with Crippen LogP contribution in [0.15, 0.2) is 0 Å². The molecule has 1 saturated heterocycles. The highest BCUT2D eigenvalue weighted by Gasteiger charge is 2.13. The Balaban J connectivity index is 1.94. The van der Waals surface area contributed by atoms with E-state index in [-0.39, 0.29) is 0 Å². The number of hydrogen-bond donors (Lipinski definition) is 1. The van der Waals surface area contributed by atoms with Crippen molar-refractivity contribution in [3.8, 4) is 0 Å². The van der Waals surface area contributed by atoms with E-state index < -0.39 is 0 Å². The van der Waals surface area contributed by atoms with Gasteiger partial charge in [0.15, 0.2) is 0 Å². The van der Waals surface area contributed by atoms with E-state index in [1.165, 1.54) is 12.8 Å². The first-order valence-electron chi connectivity index (χ1n) is 4.60. The Labute approximate surface area is 69.3 Å². The zero-order valence-electron chi connectivity index (χ0n) is 7.60. The summed E-state index contributed by atoms with van der Waals surface area (Å²) < 4.78 is 5.25. The minimum atomic E-state index is 0.633. The van der Waals surface area contributed by atoms with Crippen molar-refractivity contribution in [2.24, 2.45) is 5.92 Å². The average molecular weight is 157 g/mol. The molecule has 0 aliphatic carbocycles. The molecule has 1 rings (SSSR count). The largest absolute Gasteiger partial charge is 0.380 e. The third kappa shape index (κ3) is 3.73. The minimum absolute atomic E-state index is 0.633. The van der Waals surface area contributed by atoms with E-state index in [1.807, 2.05) is 0 Å². The summed E-state index contributed by atoms with van der Waals surface area (Å²) in [5.74, 6) is 0.810. The lowest BCUT2D eigenvalue weighted by Crippen LogP contribution is -2.30. The summed E-state index contributed by atoms with van der Waals surface area (Å²) in [4.78, 5) is 0. The van der Waals surface area contributed by atoms with Gasteiger partial charge in [-0.3, -0.25) is 0 Å². The Kier molecular flexibility index (Phi) is 3.87. The molecule has 0 amide bonds. The molecule has 1 aliphatic heterocycles. The molecule has 11 heavy (non-hydrogen) atoms. The molecule has 2 nitrogen and oxygen atoms in total. The fraction of sp³-hybridized carbons (Fsp3) is 1.00. The van der Waals surface area contributed by atoms with Gasteiger partial charge in [0.25, 0.3) is 0 Å². The standard InChI is InChI=1S/C9H19NO/c1-8(2)3-5-10-9-4-6-11-7-9/h8-10H,3-7H2,1-2H3/t9-/m0/s1. The van der Waals surface area contributed by atoms with E-state index in [1.54, 1.807) is 0 Å². The topological polar surface area (TPSA) is 21.3 Å². The highest BCUT2D eigenvalue weighted by atomic mass is 16.5. The molecular formula is C9H19NO. The quantitative estimate of drug-likeness (QED) is 0.666. The molecular weight excluding hydrogens is 138 g/mol. The van der Waals surface area contributed by atoms with Gasteiger partial charge in [-0.15, -0.1) is 0 Å². The zero-order valence-corrected chi connectivity index (χ0v) is 7.60. The molecule has 0 radical (unpaired) electrons. The van der Waals surface area contributed by atoms with Crippen molar-refractivity contribution in [1.82, 2.24) is 5.32 Å². The van der Waals surface area contributed by atoms with Gasteiger partial charge in [-0.1, -0.05) is 13.8 Å². The first kappa shape index (κ1) is 9.01. The highest BCUT2D eigenvalue weighted by molar-refractivity contribution is 4.70. The molecule has 1 aliphatic rings. The second kappa shape index (κ2) is 4.73. The summed E-state index contributed by atoms with van der Waals surface area (Å²) in [6.45, 7) is 7.52. The van der Waals surface area contributed by atoms with Crippen molar-refractivity contribution in [3.05, 3.63) is 0 Å². The lowest BCUT2D eigenvalue weighted by Gasteiger charge is -2.11. The lowest BCUT2D eigenvalue weighted by molar-refractivity contribution is 0.189. The Hall–Kier alpha value is -0.0800. The minimum Gasteiger partial charge on any atom is -0.380 e. The number of nitrogens with one attached hydrogen (secondary N) is 1. The average Bonchev–Trinajstić information content (AvgIpc) is 2.39. The van der Waals surface area contributed by atoms with Gasteiger partial charge in [0.2, 0.25) is 0 Å². The molecule has 0 bridgehead atoms. The number of rotatable bonds is 4. The molecule has 1 fully saturated rings. The molecule has 2 heteroatoms. The maximum absolute atomic E-state index is 5.25. The molecule has 0 aromatic carbocycles. The van der Waals surface area contributed by atoms with Crippen molar-refractivity contribution in [1.29, 1.82) is 0 Å². The Bertz CT molecular complexity index is 97.7. The van der Waals surface area contributed by atoms with Crippen molar-refractivity contribution in [2.45, 2.75) is 32.7 Å². The van der Waals surface area contributed by atoms with Gasteiger partial charge in [-0.05, 0) is 25.3 Å². The molecule has 0 spiro atoms. The van der Waals surface area contributed by atoms with Gasteiger partial charge in [-0.25, -0.2) is 0 Å². The summed E-state index contributed by atoms with van der Waals surface area (Å²) in [6, 6.07) is 0.633. The fourth-order valence-electron chi connectivity index (χ4n) is 1.27. The first-order chi connectivity index (χ1) is 5.29. The van der Waals surface area contributed by atoms with Crippen molar-refractivity contribution in [3.63, 3.8) is 0 Å². The summed E-state index contributed by atoms with van der Waals surface area (Å²) in [6.07, 6.45) is 2.47. The van der Waals surface area contributed by atoms with Gasteiger partial charge >= 0.3 is 0 Å². The smallest absolute Gasteiger partial charge is 0.0620 e. The van der Waals surface area contributed by atoms with Gasteiger partial charge < -0.3 is 10.1 Å². The maximum atomic E-state index is 5.25. The van der Waals surface area contributed by atoms with Crippen LogP contribution in [0.25, 0.3) is 0 Å². The Morgan fingerprint density at radius 3 is 2.91 bits per heavy atom. The van der Waals surface area contributed by atoms with Crippen LogP contribution in [-0.4, -0.2) is 25.8 Å². The Morgan fingerprint density at radius 2 is 2.36 bits per heavy atom. The summed E-state index contributed by atoms with van der Waals surface area (Å²) in [5, 5.41) is 3.49. The first-order valence-corrected chi connectivity index (χ1v) is 4.60. The molecule has 0 unspecified atom stereocenters. The van der Waals surface area contributed by atoms with Crippen LogP contribution in [0.1, 0.15) is 26.7 Å². The predicted molar refractivity (Wildman–Crippen MR) is 46.7 cm³/mol. The van der Waals surface area contributed by atoms with Gasteiger partial charge in [-0.2, -0.15) is 0 Å². The van der Waals surface area contributed by atoms with Crippen molar-refractivity contribution >= 4 is 0 Å². The van der Waals surface area contributed by atoms with Crippen LogP contribution in [0.2, 0.25) is 0 Å². The van der Waals surface area contributed by atoms with Crippen molar-refractivity contribution in [2.75, 3.05) is 19.8 Å². The molecule has 66 valence electrons. The van der Waals surface area contributed by atoms with E-state index in [0.29, 0.717) is 6.04 Å². The molecule has 0 saturated carbocycles. The second-order valence-corrected chi connectivity index (χ2v) is 3.70. The molecule has 1 atom stereocenters. The van der Waals surface area contributed by atoms with E-state index >= 15 is 0 Å². The summed E-state index contributed by atoms with van der Waals surface area (Å²) in [7, 11) is 0. The molecule has 1 N–H and O–H groups in total. The predicted octanol–water partition coefficient (Wildman–Crippen LogP) is 1.41. The number of hydrogen-bond acceptors (Lipinski definition) is 2. The van der Waals surface area contributed by atoms with Crippen LogP contribution in [0, 0.1) is 5.92 Å². The van der Waals surface area contributed by atoms with E-state index in [2.05, 4.69) is 19.2 Å². The normalized spacial score (nSPS) is 24.8. The van der Waals surface area contributed by atoms with Crippen LogP contribution in [-0.2, 0) is 4.74 Å². The monoisotopic (exact) mass is 157 g/mol. The molecule has 1 heterocycles. The van der Waals surface area contributed by atoms with Crippen LogP contribution in [0.3, 0.4) is 0 Å². The van der Waals surface area contributed by atoms with Gasteiger partial charge in [0.05, 0.1) is 6.61 Å². The van der Waals surface area contributed by atoms with Crippen LogP contribution in [0.5, 0.6) is 0 Å². The van der Waals surface area contributed by atoms with Crippen LogP contribution >= 0.6 is 0 Å². The van der Waals surface area contributed by atoms with E-state index in [9.17, 15) is 0 Å². The highest BCUT2D eigenvalue weighted by Crippen LogP contribution is 2.04. The summed E-state index contributed by atoms with van der Waals surface area (Å²) in [5.41, 5.74) is 0. The zero-order chi connectivity index (χ0) is 8.10. The SMILES string of the molecule is CC(C)CCN[C@H]1CCOC1.